The summed E-state index contributed by atoms with van der Waals surface area (Å²) < 4.78 is 7.44. The molecule has 1 unspecified atom stereocenters. The Hall–Kier alpha value is -0.870. The van der Waals surface area contributed by atoms with Crippen LogP contribution in [0, 0.1) is 12.8 Å². The van der Waals surface area contributed by atoms with E-state index >= 15 is 0 Å². The molecule has 0 radical (unpaired) electrons. The fourth-order valence-corrected chi connectivity index (χ4v) is 2.14. The van der Waals surface area contributed by atoms with Crippen LogP contribution in [-0.4, -0.2) is 40.8 Å². The molecular weight excluding hydrogens is 238 g/mol. The summed E-state index contributed by atoms with van der Waals surface area (Å²) in [4.78, 5) is 6.95. The van der Waals surface area contributed by atoms with Crippen LogP contribution in [0.25, 0.3) is 0 Å². The Bertz CT molecular complexity index is 371. The van der Waals surface area contributed by atoms with Gasteiger partial charge in [-0.2, -0.15) is 0 Å². The minimum atomic E-state index is 0.473. The van der Waals surface area contributed by atoms with Gasteiger partial charge < -0.3 is 9.30 Å². The second kappa shape index (κ2) is 7.65. The molecule has 0 fully saturated rings. The number of ether oxygens (including phenoxy) is 1. The molecule has 1 aromatic heterocycles. The van der Waals surface area contributed by atoms with Gasteiger partial charge in [-0.1, -0.05) is 20.8 Å². The van der Waals surface area contributed by atoms with Crippen molar-refractivity contribution in [3.05, 3.63) is 17.7 Å². The van der Waals surface area contributed by atoms with E-state index in [2.05, 4.69) is 48.3 Å². The van der Waals surface area contributed by atoms with E-state index in [0.717, 1.165) is 37.9 Å². The fraction of sp³-hybridized carbons (Fsp3) is 0.800. The summed E-state index contributed by atoms with van der Waals surface area (Å²) in [7, 11) is 1.76. The zero-order valence-electron chi connectivity index (χ0n) is 13.3. The Balaban J connectivity index is 0.000000399. The topological polar surface area (TPSA) is 30.3 Å². The molecule has 1 aliphatic rings. The summed E-state index contributed by atoms with van der Waals surface area (Å²) >= 11 is 0. The maximum Gasteiger partial charge on any atom is 0.123 e. The van der Waals surface area contributed by atoms with Gasteiger partial charge in [0.2, 0.25) is 0 Å². The number of imidazole rings is 1. The number of aromatic nitrogens is 2. The first kappa shape index (κ1) is 16.2. The molecule has 0 bridgehead atoms. The molecule has 1 aliphatic heterocycles. The number of aryl methyl sites for hydroxylation is 1. The lowest BCUT2D eigenvalue weighted by Gasteiger charge is -2.32. The average Bonchev–Trinajstić information content (AvgIpc) is 2.67. The van der Waals surface area contributed by atoms with Crippen LogP contribution in [-0.2, 0) is 17.8 Å². The normalized spacial score (nSPS) is 16.8. The molecule has 0 saturated heterocycles. The van der Waals surface area contributed by atoms with E-state index in [1.165, 1.54) is 5.82 Å². The summed E-state index contributed by atoms with van der Waals surface area (Å²) in [6, 6.07) is 0.473. The van der Waals surface area contributed by atoms with Crippen molar-refractivity contribution in [1.29, 1.82) is 0 Å². The number of hydrogen-bond acceptors (Lipinski definition) is 3. The van der Waals surface area contributed by atoms with Crippen molar-refractivity contribution in [2.45, 2.75) is 53.8 Å². The second-order valence-corrected chi connectivity index (χ2v) is 6.00. The molecule has 0 saturated carbocycles. The maximum atomic E-state index is 5.18. The van der Waals surface area contributed by atoms with Gasteiger partial charge in [-0.05, 0) is 19.8 Å². The van der Waals surface area contributed by atoms with Crippen molar-refractivity contribution in [3.8, 4) is 0 Å². The number of methoxy groups -OCH3 is 1. The molecule has 4 heteroatoms. The van der Waals surface area contributed by atoms with E-state index in [0.29, 0.717) is 6.04 Å². The quantitative estimate of drug-likeness (QED) is 0.843. The van der Waals surface area contributed by atoms with E-state index in [4.69, 9.17) is 4.74 Å². The van der Waals surface area contributed by atoms with Crippen LogP contribution in [0.5, 0.6) is 0 Å². The van der Waals surface area contributed by atoms with Crippen LogP contribution in [0.2, 0.25) is 0 Å². The van der Waals surface area contributed by atoms with Crippen molar-refractivity contribution < 1.29 is 4.74 Å². The molecular formula is C15H29N3O. The first-order valence-electron chi connectivity index (χ1n) is 7.19. The summed E-state index contributed by atoms with van der Waals surface area (Å²) in [6.07, 6.45) is 2.13. The third-order valence-electron chi connectivity index (χ3n) is 2.98. The Morgan fingerprint density at radius 2 is 1.89 bits per heavy atom. The molecule has 2 rings (SSSR count). The minimum absolute atomic E-state index is 0.473. The van der Waals surface area contributed by atoms with Crippen LogP contribution in [0.1, 0.15) is 39.2 Å². The third-order valence-corrected chi connectivity index (χ3v) is 2.98. The number of fused-ring (bicyclic) bond motifs is 1. The molecule has 0 aromatic carbocycles. The largest absolute Gasteiger partial charge is 0.383 e. The van der Waals surface area contributed by atoms with E-state index < -0.39 is 0 Å². The Morgan fingerprint density at radius 3 is 2.47 bits per heavy atom. The summed E-state index contributed by atoms with van der Waals surface area (Å²) in [5.41, 5.74) is 1.12. The maximum absolute atomic E-state index is 5.18. The van der Waals surface area contributed by atoms with Crippen LogP contribution in [0.4, 0.5) is 0 Å². The molecule has 4 nitrogen and oxygen atoms in total. The zero-order valence-corrected chi connectivity index (χ0v) is 13.3. The van der Waals surface area contributed by atoms with Gasteiger partial charge in [0.25, 0.3) is 0 Å². The standard InChI is InChI=1S/C11H19N3O.C4H10/c1-9-6-14-5-4-13(7-11(14)12-9)10(2)8-15-3;1-4(2)3/h6,10H,4-5,7-8H2,1-3H3;4H,1-3H3. The molecule has 2 heterocycles. The lowest BCUT2D eigenvalue weighted by Crippen LogP contribution is -2.41. The lowest BCUT2D eigenvalue weighted by molar-refractivity contribution is 0.0804. The van der Waals surface area contributed by atoms with E-state index in [1.807, 2.05) is 6.92 Å². The number of rotatable bonds is 3. The molecule has 0 spiro atoms. The molecule has 1 aromatic rings. The summed E-state index contributed by atoms with van der Waals surface area (Å²) in [6.45, 7) is 14.6. The zero-order chi connectivity index (χ0) is 14.4. The average molecular weight is 267 g/mol. The molecule has 110 valence electrons. The molecule has 0 aliphatic carbocycles. The van der Waals surface area contributed by atoms with Crippen LogP contribution >= 0.6 is 0 Å². The van der Waals surface area contributed by atoms with Crippen molar-refractivity contribution >= 4 is 0 Å². The van der Waals surface area contributed by atoms with Gasteiger partial charge in [0.15, 0.2) is 0 Å². The SMILES string of the molecule is CC(C)C.COCC(C)N1CCn2cc(C)nc2C1. The molecule has 0 amide bonds. The van der Waals surface area contributed by atoms with Gasteiger partial charge in [0.05, 0.1) is 18.8 Å². The van der Waals surface area contributed by atoms with Gasteiger partial charge >= 0.3 is 0 Å². The third kappa shape index (κ3) is 5.33. The van der Waals surface area contributed by atoms with Crippen LogP contribution in [0.3, 0.4) is 0 Å². The van der Waals surface area contributed by atoms with E-state index in [9.17, 15) is 0 Å². The van der Waals surface area contributed by atoms with Crippen molar-refractivity contribution in [2.75, 3.05) is 20.3 Å². The van der Waals surface area contributed by atoms with Gasteiger partial charge in [-0.15, -0.1) is 0 Å². The second-order valence-electron chi connectivity index (χ2n) is 6.00. The van der Waals surface area contributed by atoms with E-state index in [1.54, 1.807) is 7.11 Å². The number of hydrogen-bond donors (Lipinski definition) is 0. The van der Waals surface area contributed by atoms with Gasteiger partial charge in [0, 0.05) is 32.4 Å². The molecule has 0 N–H and O–H groups in total. The van der Waals surface area contributed by atoms with Crippen LogP contribution in [0.15, 0.2) is 6.20 Å². The highest BCUT2D eigenvalue weighted by molar-refractivity contribution is 5.04. The van der Waals surface area contributed by atoms with Crippen molar-refractivity contribution in [3.63, 3.8) is 0 Å². The van der Waals surface area contributed by atoms with Crippen LogP contribution < -0.4 is 0 Å². The fourth-order valence-electron chi connectivity index (χ4n) is 2.14. The Labute approximate surface area is 117 Å². The monoisotopic (exact) mass is 267 g/mol. The highest BCUT2D eigenvalue weighted by atomic mass is 16.5. The van der Waals surface area contributed by atoms with E-state index in [-0.39, 0.29) is 0 Å². The first-order chi connectivity index (χ1) is 8.93. The summed E-state index contributed by atoms with van der Waals surface area (Å²) in [5, 5.41) is 0. The molecule has 19 heavy (non-hydrogen) atoms. The van der Waals surface area contributed by atoms with Crippen molar-refractivity contribution in [2.24, 2.45) is 5.92 Å². The summed E-state index contributed by atoms with van der Waals surface area (Å²) in [5.74, 6) is 2.02. The van der Waals surface area contributed by atoms with Gasteiger partial charge in [0.1, 0.15) is 5.82 Å². The van der Waals surface area contributed by atoms with Crippen molar-refractivity contribution in [1.82, 2.24) is 14.5 Å². The first-order valence-corrected chi connectivity index (χ1v) is 7.19. The predicted molar refractivity (Wildman–Crippen MR) is 79.2 cm³/mol. The van der Waals surface area contributed by atoms with Gasteiger partial charge in [-0.3, -0.25) is 4.90 Å². The number of nitrogens with zero attached hydrogens (tertiary/aromatic N) is 3. The Kier molecular flexibility index (Phi) is 6.52. The Morgan fingerprint density at radius 1 is 1.26 bits per heavy atom. The predicted octanol–water partition coefficient (Wildman–Crippen LogP) is 2.70. The highest BCUT2D eigenvalue weighted by Crippen LogP contribution is 2.14. The minimum Gasteiger partial charge on any atom is -0.383 e. The van der Waals surface area contributed by atoms with Gasteiger partial charge in [-0.25, -0.2) is 4.98 Å². The highest BCUT2D eigenvalue weighted by Gasteiger charge is 2.21. The smallest absolute Gasteiger partial charge is 0.123 e. The lowest BCUT2D eigenvalue weighted by atomic mass is 10.2. The molecule has 1 atom stereocenters.